The number of imide groups is 2. The Morgan fingerprint density at radius 3 is 2.40 bits per heavy atom. The molecule has 0 saturated carbocycles. The van der Waals surface area contributed by atoms with Crippen LogP contribution in [0.25, 0.3) is 0 Å². The summed E-state index contributed by atoms with van der Waals surface area (Å²) >= 11 is 0. The maximum Gasteiger partial charge on any atom is 0.330 e. The van der Waals surface area contributed by atoms with Gasteiger partial charge in [-0.05, 0) is 12.0 Å². The van der Waals surface area contributed by atoms with Crippen molar-refractivity contribution in [3.8, 4) is 0 Å². The lowest BCUT2D eigenvalue weighted by atomic mass is 9.73. The minimum Gasteiger partial charge on any atom is -0.276 e. The fraction of sp³-hybridized carbons (Fsp3) is 0.400. The molecule has 106 valence electrons. The van der Waals surface area contributed by atoms with Gasteiger partial charge in [0, 0.05) is 7.05 Å². The first-order valence-electron chi connectivity index (χ1n) is 6.73. The van der Waals surface area contributed by atoms with Gasteiger partial charge in [0.1, 0.15) is 0 Å². The van der Waals surface area contributed by atoms with Gasteiger partial charge in [-0.1, -0.05) is 50.1 Å². The molecule has 1 N–H and O–H groups in total. The SMILES string of the molecule is CCCC[C@@]1(c2ccccc2)C(=O)NC(=O)N(C)C1=O. The highest BCUT2D eigenvalue weighted by Crippen LogP contribution is 2.34. The van der Waals surface area contributed by atoms with Crippen molar-refractivity contribution in [2.75, 3.05) is 7.05 Å². The molecular weight excluding hydrogens is 256 g/mol. The lowest BCUT2D eigenvalue weighted by Gasteiger charge is -2.38. The van der Waals surface area contributed by atoms with Crippen molar-refractivity contribution in [1.82, 2.24) is 10.2 Å². The second kappa shape index (κ2) is 5.45. The van der Waals surface area contributed by atoms with Crippen molar-refractivity contribution in [1.29, 1.82) is 0 Å². The summed E-state index contributed by atoms with van der Waals surface area (Å²) in [6.07, 6.45) is 2.00. The zero-order valence-corrected chi connectivity index (χ0v) is 11.7. The van der Waals surface area contributed by atoms with Gasteiger partial charge < -0.3 is 0 Å². The molecule has 1 aromatic rings. The van der Waals surface area contributed by atoms with Gasteiger partial charge in [-0.2, -0.15) is 0 Å². The van der Waals surface area contributed by atoms with E-state index in [0.29, 0.717) is 12.0 Å². The van der Waals surface area contributed by atoms with Crippen molar-refractivity contribution >= 4 is 17.8 Å². The van der Waals surface area contributed by atoms with Gasteiger partial charge in [-0.25, -0.2) is 4.79 Å². The molecule has 20 heavy (non-hydrogen) atoms. The van der Waals surface area contributed by atoms with Crippen molar-refractivity contribution in [2.45, 2.75) is 31.6 Å². The van der Waals surface area contributed by atoms with Crippen LogP contribution in [0.3, 0.4) is 0 Å². The van der Waals surface area contributed by atoms with Crippen LogP contribution >= 0.6 is 0 Å². The van der Waals surface area contributed by atoms with Crippen LogP contribution in [-0.2, 0) is 15.0 Å². The summed E-state index contributed by atoms with van der Waals surface area (Å²) in [4.78, 5) is 37.6. The summed E-state index contributed by atoms with van der Waals surface area (Å²) in [7, 11) is 1.40. The Bertz CT molecular complexity index is 541. The summed E-state index contributed by atoms with van der Waals surface area (Å²) in [6, 6.07) is 8.27. The van der Waals surface area contributed by atoms with Gasteiger partial charge in [0.15, 0.2) is 5.41 Å². The van der Waals surface area contributed by atoms with E-state index in [9.17, 15) is 14.4 Å². The molecule has 0 bridgehead atoms. The molecule has 0 spiro atoms. The van der Waals surface area contributed by atoms with Crippen LogP contribution in [0.4, 0.5) is 4.79 Å². The summed E-state index contributed by atoms with van der Waals surface area (Å²) in [5.74, 6) is -0.976. The maximum atomic E-state index is 12.6. The smallest absolute Gasteiger partial charge is 0.276 e. The number of hydrogen-bond acceptors (Lipinski definition) is 3. The summed E-state index contributed by atoms with van der Waals surface area (Å²) in [6.45, 7) is 2.00. The molecule has 1 aromatic carbocycles. The molecule has 0 unspecified atom stereocenters. The standard InChI is InChI=1S/C15H18N2O3/c1-3-4-10-15(11-8-6-5-7-9-11)12(18)16-14(20)17(2)13(15)19/h5-9H,3-4,10H2,1-2H3,(H,16,18,20)/t15-/m1/s1. The molecule has 0 radical (unpaired) electrons. The second-order valence-corrected chi connectivity index (χ2v) is 5.00. The number of barbiturate groups is 1. The van der Waals surface area contributed by atoms with Crippen LogP contribution in [0.5, 0.6) is 0 Å². The quantitative estimate of drug-likeness (QED) is 0.852. The average molecular weight is 274 g/mol. The topological polar surface area (TPSA) is 66.5 Å². The van der Waals surface area contributed by atoms with Crippen LogP contribution in [0.2, 0.25) is 0 Å². The van der Waals surface area contributed by atoms with Gasteiger partial charge in [0.2, 0.25) is 5.91 Å². The fourth-order valence-electron chi connectivity index (χ4n) is 2.55. The van der Waals surface area contributed by atoms with Crippen molar-refractivity contribution in [3.05, 3.63) is 35.9 Å². The van der Waals surface area contributed by atoms with Crippen LogP contribution in [0.15, 0.2) is 30.3 Å². The lowest BCUT2D eigenvalue weighted by Crippen LogP contribution is -2.64. The molecule has 0 aliphatic carbocycles. The molecule has 5 nitrogen and oxygen atoms in total. The zero-order valence-electron chi connectivity index (χ0n) is 11.7. The van der Waals surface area contributed by atoms with E-state index in [0.717, 1.165) is 17.7 Å². The van der Waals surface area contributed by atoms with Crippen molar-refractivity contribution in [2.24, 2.45) is 0 Å². The molecule has 1 aliphatic heterocycles. The van der Waals surface area contributed by atoms with Gasteiger partial charge >= 0.3 is 6.03 Å². The predicted octanol–water partition coefficient (Wildman–Crippen LogP) is 1.82. The number of hydrogen-bond donors (Lipinski definition) is 1. The van der Waals surface area contributed by atoms with Gasteiger partial charge in [0.25, 0.3) is 5.91 Å². The predicted molar refractivity (Wildman–Crippen MR) is 74.0 cm³/mol. The summed E-state index contributed by atoms with van der Waals surface area (Å²) < 4.78 is 0. The molecule has 4 amide bonds. The van der Waals surface area contributed by atoms with Crippen molar-refractivity contribution < 1.29 is 14.4 Å². The largest absolute Gasteiger partial charge is 0.330 e. The highest BCUT2D eigenvalue weighted by atomic mass is 16.2. The van der Waals surface area contributed by atoms with Crippen molar-refractivity contribution in [3.63, 3.8) is 0 Å². The molecule has 1 saturated heterocycles. The number of benzene rings is 1. The van der Waals surface area contributed by atoms with Gasteiger partial charge in [-0.3, -0.25) is 19.8 Å². The van der Waals surface area contributed by atoms with E-state index in [1.54, 1.807) is 24.3 Å². The van der Waals surface area contributed by atoms with E-state index in [2.05, 4.69) is 5.32 Å². The molecule has 1 atom stereocenters. The van der Waals surface area contributed by atoms with E-state index >= 15 is 0 Å². The zero-order chi connectivity index (χ0) is 14.8. The maximum absolute atomic E-state index is 12.6. The van der Waals surface area contributed by atoms with Gasteiger partial charge in [0.05, 0.1) is 0 Å². The first-order chi connectivity index (χ1) is 9.54. The minimum atomic E-state index is -1.29. The third-order valence-electron chi connectivity index (χ3n) is 3.75. The van der Waals surface area contributed by atoms with Crippen LogP contribution in [-0.4, -0.2) is 29.8 Å². The molecular formula is C15H18N2O3. The molecule has 2 rings (SSSR count). The van der Waals surface area contributed by atoms with E-state index in [1.165, 1.54) is 7.05 Å². The molecule has 5 heteroatoms. The first-order valence-corrected chi connectivity index (χ1v) is 6.73. The Labute approximate surface area is 118 Å². The number of carbonyl (C=O) groups is 3. The molecule has 1 aliphatic rings. The molecule has 1 heterocycles. The number of nitrogens with zero attached hydrogens (tertiary/aromatic N) is 1. The average Bonchev–Trinajstić information content (AvgIpc) is 2.46. The second-order valence-electron chi connectivity index (χ2n) is 5.00. The lowest BCUT2D eigenvalue weighted by molar-refractivity contribution is -0.145. The van der Waals surface area contributed by atoms with E-state index in [4.69, 9.17) is 0 Å². The number of carbonyl (C=O) groups excluding carboxylic acids is 3. The summed E-state index contributed by atoms with van der Waals surface area (Å²) in [5.41, 5.74) is -0.657. The van der Waals surface area contributed by atoms with E-state index in [-0.39, 0.29) is 0 Å². The first kappa shape index (κ1) is 14.2. The van der Waals surface area contributed by atoms with Gasteiger partial charge in [-0.15, -0.1) is 0 Å². The number of rotatable bonds is 4. The highest BCUT2D eigenvalue weighted by Gasteiger charge is 2.53. The highest BCUT2D eigenvalue weighted by molar-refractivity contribution is 6.22. The van der Waals surface area contributed by atoms with Crippen LogP contribution < -0.4 is 5.32 Å². The third kappa shape index (κ3) is 2.09. The van der Waals surface area contributed by atoms with Crippen LogP contribution in [0.1, 0.15) is 31.7 Å². The Kier molecular flexibility index (Phi) is 3.88. The molecule has 1 fully saturated rings. The van der Waals surface area contributed by atoms with E-state index < -0.39 is 23.3 Å². The molecule has 0 aromatic heterocycles. The number of urea groups is 1. The Hall–Kier alpha value is -2.17. The van der Waals surface area contributed by atoms with E-state index in [1.807, 2.05) is 13.0 Å². The number of likely N-dealkylation sites (N-methyl/N-ethyl adjacent to an activating group) is 1. The Balaban J connectivity index is 2.53. The third-order valence-corrected chi connectivity index (χ3v) is 3.75. The minimum absolute atomic E-state index is 0.399. The Morgan fingerprint density at radius 1 is 1.15 bits per heavy atom. The number of unbranched alkanes of at least 4 members (excludes halogenated alkanes) is 1. The fourth-order valence-corrected chi connectivity index (χ4v) is 2.55. The monoisotopic (exact) mass is 274 g/mol. The summed E-state index contributed by atoms with van der Waals surface area (Å²) in [5, 5.41) is 2.28. The van der Waals surface area contributed by atoms with Crippen LogP contribution in [0, 0.1) is 0 Å². The number of nitrogens with one attached hydrogen (secondary N) is 1. The Morgan fingerprint density at radius 2 is 1.80 bits per heavy atom. The normalized spacial score (nSPS) is 22.9. The number of amides is 4.